The van der Waals surface area contributed by atoms with Crippen LogP contribution in [0.3, 0.4) is 0 Å². The molecule has 6 nitrogen and oxygen atoms in total. The van der Waals surface area contributed by atoms with Gasteiger partial charge in [-0.2, -0.15) is 0 Å². The minimum Gasteiger partial charge on any atom is -0.480 e. The van der Waals surface area contributed by atoms with Crippen molar-refractivity contribution in [2.24, 2.45) is 5.92 Å². The molecule has 114 valence electrons. The molecule has 0 aromatic heterocycles. The van der Waals surface area contributed by atoms with Crippen LogP contribution in [0.5, 0.6) is 0 Å². The first-order valence-corrected chi connectivity index (χ1v) is 7.32. The number of carbonyl (C=O) groups is 2. The predicted octanol–water partition coefficient (Wildman–Crippen LogP) is 0.975. The number of urea groups is 1. The van der Waals surface area contributed by atoms with E-state index in [0.717, 1.165) is 25.9 Å². The molecule has 2 fully saturated rings. The van der Waals surface area contributed by atoms with Crippen molar-refractivity contribution in [2.75, 3.05) is 26.7 Å². The largest absolute Gasteiger partial charge is 0.480 e. The number of fused-ring (bicyclic) bond motifs is 1. The maximum absolute atomic E-state index is 12.2. The molecule has 20 heavy (non-hydrogen) atoms. The number of piperidine rings is 2. The van der Waals surface area contributed by atoms with E-state index in [9.17, 15) is 9.59 Å². The number of hydrogen-bond acceptors (Lipinski definition) is 3. The van der Waals surface area contributed by atoms with E-state index in [-0.39, 0.29) is 6.03 Å². The fraction of sp³-hybridized carbons (Fsp3) is 0.857. The standard InChI is InChI=1S/C14H25N3O3/c1-14(2,12(18)19)15-13(20)17-8-6-11-10(9-17)5-4-7-16(11)3/h10-11H,4-9H2,1-3H3,(H,15,20)(H,18,19). The van der Waals surface area contributed by atoms with Crippen LogP contribution in [0.15, 0.2) is 0 Å². The highest BCUT2D eigenvalue weighted by Gasteiger charge is 2.37. The molecule has 0 bridgehead atoms. The van der Waals surface area contributed by atoms with Gasteiger partial charge in [-0.1, -0.05) is 0 Å². The smallest absolute Gasteiger partial charge is 0.328 e. The number of amides is 2. The van der Waals surface area contributed by atoms with Gasteiger partial charge in [0, 0.05) is 19.1 Å². The lowest BCUT2D eigenvalue weighted by Gasteiger charge is -2.46. The topological polar surface area (TPSA) is 72.9 Å². The first-order chi connectivity index (χ1) is 9.31. The van der Waals surface area contributed by atoms with E-state index >= 15 is 0 Å². The normalized spacial score (nSPS) is 27.9. The molecular weight excluding hydrogens is 258 g/mol. The van der Waals surface area contributed by atoms with Gasteiger partial charge in [-0.05, 0) is 52.6 Å². The summed E-state index contributed by atoms with van der Waals surface area (Å²) in [5.41, 5.74) is -1.22. The zero-order valence-corrected chi connectivity index (χ0v) is 12.6. The number of rotatable bonds is 2. The Morgan fingerprint density at radius 1 is 1.25 bits per heavy atom. The molecule has 2 heterocycles. The van der Waals surface area contributed by atoms with Crippen LogP contribution in [-0.2, 0) is 4.79 Å². The molecule has 0 saturated carbocycles. The second kappa shape index (κ2) is 5.60. The lowest BCUT2D eigenvalue weighted by atomic mass is 9.84. The van der Waals surface area contributed by atoms with E-state index in [1.54, 1.807) is 4.90 Å². The van der Waals surface area contributed by atoms with Gasteiger partial charge < -0.3 is 20.2 Å². The zero-order valence-electron chi connectivity index (χ0n) is 12.6. The van der Waals surface area contributed by atoms with Crippen LogP contribution in [0.1, 0.15) is 33.1 Å². The number of carbonyl (C=O) groups excluding carboxylic acids is 1. The molecule has 0 aromatic carbocycles. The van der Waals surface area contributed by atoms with Crippen molar-refractivity contribution < 1.29 is 14.7 Å². The van der Waals surface area contributed by atoms with Gasteiger partial charge in [0.1, 0.15) is 5.54 Å². The molecule has 2 aliphatic heterocycles. The quantitative estimate of drug-likeness (QED) is 0.792. The highest BCUT2D eigenvalue weighted by molar-refractivity contribution is 5.85. The fourth-order valence-electron chi connectivity index (χ4n) is 3.24. The molecule has 2 aliphatic rings. The minimum absolute atomic E-state index is 0.260. The van der Waals surface area contributed by atoms with Gasteiger partial charge in [0.15, 0.2) is 0 Å². The molecule has 0 spiro atoms. The van der Waals surface area contributed by atoms with Crippen LogP contribution in [0.4, 0.5) is 4.79 Å². The lowest BCUT2D eigenvalue weighted by molar-refractivity contribution is -0.143. The number of carboxylic acid groups (broad SMARTS) is 1. The van der Waals surface area contributed by atoms with Crippen LogP contribution in [0, 0.1) is 5.92 Å². The maximum atomic E-state index is 12.2. The zero-order chi connectivity index (χ0) is 14.9. The van der Waals surface area contributed by atoms with Crippen LogP contribution in [-0.4, -0.2) is 65.2 Å². The summed E-state index contributed by atoms with van der Waals surface area (Å²) in [6.45, 7) is 5.59. The van der Waals surface area contributed by atoms with Gasteiger partial charge in [0.2, 0.25) is 0 Å². The molecule has 0 aromatic rings. The molecule has 2 atom stereocenters. The summed E-state index contributed by atoms with van der Waals surface area (Å²) in [5, 5.41) is 11.7. The Kier molecular flexibility index (Phi) is 4.22. The van der Waals surface area contributed by atoms with Gasteiger partial charge in [-0.25, -0.2) is 9.59 Å². The fourth-order valence-corrected chi connectivity index (χ4v) is 3.24. The molecule has 2 unspecified atom stereocenters. The molecule has 0 aliphatic carbocycles. The van der Waals surface area contributed by atoms with Gasteiger partial charge in [0.05, 0.1) is 0 Å². The van der Waals surface area contributed by atoms with Crippen molar-refractivity contribution in [1.82, 2.24) is 15.1 Å². The number of carboxylic acids is 1. The third-order valence-corrected chi connectivity index (χ3v) is 4.59. The molecule has 2 amide bonds. The van der Waals surface area contributed by atoms with Crippen molar-refractivity contribution in [3.63, 3.8) is 0 Å². The van der Waals surface area contributed by atoms with Crippen LogP contribution in [0.25, 0.3) is 0 Å². The number of hydrogen-bond donors (Lipinski definition) is 2. The number of aliphatic carboxylic acids is 1. The Hall–Kier alpha value is -1.30. The minimum atomic E-state index is -1.22. The Bertz CT molecular complexity index is 397. The van der Waals surface area contributed by atoms with Gasteiger partial charge in [0.25, 0.3) is 0 Å². The average molecular weight is 283 g/mol. The second-order valence-corrected chi connectivity index (χ2v) is 6.55. The SMILES string of the molecule is CN1CCCC2CN(C(=O)NC(C)(C)C(=O)O)CCC21. The van der Waals surface area contributed by atoms with Gasteiger partial charge in [-0.15, -0.1) is 0 Å². The summed E-state index contributed by atoms with van der Waals surface area (Å²) >= 11 is 0. The summed E-state index contributed by atoms with van der Waals surface area (Å²) in [5.74, 6) is -0.501. The predicted molar refractivity (Wildman–Crippen MR) is 75.6 cm³/mol. The Labute approximate surface area is 120 Å². The van der Waals surface area contributed by atoms with Crippen molar-refractivity contribution in [3.05, 3.63) is 0 Å². The molecule has 2 N–H and O–H groups in total. The van der Waals surface area contributed by atoms with Crippen molar-refractivity contribution >= 4 is 12.0 Å². The van der Waals surface area contributed by atoms with E-state index in [1.807, 2.05) is 0 Å². The van der Waals surface area contributed by atoms with E-state index in [1.165, 1.54) is 20.3 Å². The first-order valence-electron chi connectivity index (χ1n) is 7.32. The molecule has 2 saturated heterocycles. The van der Waals surface area contributed by atoms with E-state index < -0.39 is 11.5 Å². The first kappa shape index (κ1) is 15.1. The monoisotopic (exact) mass is 283 g/mol. The lowest BCUT2D eigenvalue weighted by Crippen LogP contribution is -2.59. The van der Waals surface area contributed by atoms with Gasteiger partial charge in [-0.3, -0.25) is 0 Å². The molecule has 2 rings (SSSR count). The third-order valence-electron chi connectivity index (χ3n) is 4.59. The van der Waals surface area contributed by atoms with E-state index in [0.29, 0.717) is 18.5 Å². The third kappa shape index (κ3) is 3.06. The molecule has 0 radical (unpaired) electrons. The van der Waals surface area contributed by atoms with E-state index in [2.05, 4.69) is 17.3 Å². The summed E-state index contributed by atoms with van der Waals surface area (Å²) in [7, 11) is 2.15. The summed E-state index contributed by atoms with van der Waals surface area (Å²) in [6.07, 6.45) is 3.30. The van der Waals surface area contributed by atoms with Gasteiger partial charge >= 0.3 is 12.0 Å². The van der Waals surface area contributed by atoms with Crippen molar-refractivity contribution in [3.8, 4) is 0 Å². The Morgan fingerprint density at radius 3 is 2.60 bits per heavy atom. The molecular formula is C14H25N3O3. The maximum Gasteiger partial charge on any atom is 0.328 e. The average Bonchev–Trinajstić information content (AvgIpc) is 2.38. The van der Waals surface area contributed by atoms with Crippen molar-refractivity contribution in [2.45, 2.75) is 44.7 Å². The van der Waals surface area contributed by atoms with Crippen LogP contribution < -0.4 is 5.32 Å². The number of nitrogens with one attached hydrogen (secondary N) is 1. The highest BCUT2D eigenvalue weighted by atomic mass is 16.4. The Morgan fingerprint density at radius 2 is 1.95 bits per heavy atom. The summed E-state index contributed by atoms with van der Waals surface area (Å²) in [4.78, 5) is 27.4. The van der Waals surface area contributed by atoms with Crippen LogP contribution >= 0.6 is 0 Å². The molecule has 6 heteroatoms. The Balaban J connectivity index is 1.94. The summed E-state index contributed by atoms with van der Waals surface area (Å²) < 4.78 is 0. The summed E-state index contributed by atoms with van der Waals surface area (Å²) in [6, 6.07) is 0.310. The van der Waals surface area contributed by atoms with E-state index in [4.69, 9.17) is 5.11 Å². The second-order valence-electron chi connectivity index (χ2n) is 6.55. The number of nitrogens with zero attached hydrogens (tertiary/aromatic N) is 2. The van der Waals surface area contributed by atoms with Crippen molar-refractivity contribution in [1.29, 1.82) is 0 Å². The number of likely N-dealkylation sites (tertiary alicyclic amines) is 2. The van der Waals surface area contributed by atoms with Crippen LogP contribution in [0.2, 0.25) is 0 Å². The highest BCUT2D eigenvalue weighted by Crippen LogP contribution is 2.29.